The summed E-state index contributed by atoms with van der Waals surface area (Å²) >= 11 is 0. The molecule has 1 aromatic rings. The van der Waals surface area contributed by atoms with E-state index in [1.165, 1.54) is 26.2 Å². The highest BCUT2D eigenvalue weighted by molar-refractivity contribution is 5.97. The summed E-state index contributed by atoms with van der Waals surface area (Å²) in [5, 5.41) is 2.50. The zero-order valence-corrected chi connectivity index (χ0v) is 12.8. The highest BCUT2D eigenvalue weighted by atomic mass is 19.1. The molecule has 116 valence electrons. The second-order valence-electron chi connectivity index (χ2n) is 5.58. The van der Waals surface area contributed by atoms with Gasteiger partial charge in [0, 0.05) is 5.56 Å². The van der Waals surface area contributed by atoms with E-state index in [2.05, 4.69) is 5.32 Å². The van der Waals surface area contributed by atoms with Gasteiger partial charge in [-0.25, -0.2) is 9.18 Å². The summed E-state index contributed by atoms with van der Waals surface area (Å²) < 4.78 is 23.2. The van der Waals surface area contributed by atoms with Crippen LogP contribution in [0.5, 0.6) is 5.75 Å². The fraction of sp³-hybridized carbons (Fsp3) is 0.467. The lowest BCUT2D eigenvalue weighted by atomic mass is 10.1. The number of methoxy groups -OCH3 is 1. The average molecular weight is 297 g/mol. The van der Waals surface area contributed by atoms with E-state index >= 15 is 0 Å². The molecular weight excluding hydrogens is 277 g/mol. The van der Waals surface area contributed by atoms with E-state index in [0.29, 0.717) is 0 Å². The SMILES string of the molecule is COc1cc(C(=O)N[C@@H](C)C(=O)OC(C)(C)C)ccc1F. The second-order valence-corrected chi connectivity index (χ2v) is 5.58. The maximum absolute atomic E-state index is 13.3. The van der Waals surface area contributed by atoms with E-state index in [9.17, 15) is 14.0 Å². The van der Waals surface area contributed by atoms with E-state index < -0.39 is 29.3 Å². The molecule has 1 amide bonds. The Bertz CT molecular complexity index is 537. The zero-order valence-electron chi connectivity index (χ0n) is 12.8. The molecule has 1 N–H and O–H groups in total. The number of amides is 1. The highest BCUT2D eigenvalue weighted by Gasteiger charge is 2.23. The molecule has 21 heavy (non-hydrogen) atoms. The van der Waals surface area contributed by atoms with Crippen LogP contribution in [0.4, 0.5) is 4.39 Å². The Morgan fingerprint density at radius 2 is 1.90 bits per heavy atom. The Labute approximate surface area is 123 Å². The van der Waals surface area contributed by atoms with Crippen LogP contribution in [0.1, 0.15) is 38.1 Å². The van der Waals surface area contributed by atoms with Crippen LogP contribution in [-0.4, -0.2) is 30.6 Å². The number of nitrogens with one attached hydrogen (secondary N) is 1. The third-order valence-electron chi connectivity index (χ3n) is 2.52. The van der Waals surface area contributed by atoms with Crippen LogP contribution in [0.15, 0.2) is 18.2 Å². The average Bonchev–Trinajstić information content (AvgIpc) is 2.37. The van der Waals surface area contributed by atoms with Crippen molar-refractivity contribution in [2.45, 2.75) is 39.3 Å². The molecule has 0 aliphatic rings. The van der Waals surface area contributed by atoms with Gasteiger partial charge in [-0.15, -0.1) is 0 Å². The van der Waals surface area contributed by atoms with Crippen molar-refractivity contribution >= 4 is 11.9 Å². The minimum Gasteiger partial charge on any atom is -0.494 e. The molecular formula is C15H20FNO4. The number of carbonyl (C=O) groups excluding carboxylic acids is 2. The normalized spacial score (nSPS) is 12.5. The van der Waals surface area contributed by atoms with Gasteiger partial charge in [-0.3, -0.25) is 4.79 Å². The Balaban J connectivity index is 2.75. The molecule has 0 aliphatic carbocycles. The first-order valence-corrected chi connectivity index (χ1v) is 6.51. The van der Waals surface area contributed by atoms with Crippen LogP contribution in [0, 0.1) is 5.82 Å². The molecule has 0 aliphatic heterocycles. The minimum atomic E-state index is -0.812. The number of ether oxygens (including phenoxy) is 2. The van der Waals surface area contributed by atoms with Crippen LogP contribution in [0.2, 0.25) is 0 Å². The van der Waals surface area contributed by atoms with Crippen LogP contribution < -0.4 is 10.1 Å². The topological polar surface area (TPSA) is 64.6 Å². The number of rotatable bonds is 4. The Hall–Kier alpha value is -2.11. The summed E-state index contributed by atoms with van der Waals surface area (Å²) in [6.45, 7) is 6.74. The number of halogens is 1. The van der Waals surface area contributed by atoms with Crippen LogP contribution in [0.3, 0.4) is 0 Å². The van der Waals surface area contributed by atoms with E-state index in [1.54, 1.807) is 20.8 Å². The monoisotopic (exact) mass is 297 g/mol. The standard InChI is InChI=1S/C15H20FNO4/c1-9(14(19)21-15(2,3)4)17-13(18)10-6-7-11(16)12(8-10)20-5/h6-9H,1-5H3,(H,17,18)/t9-/m0/s1. The Kier molecular flexibility index (Phi) is 5.29. The molecule has 0 radical (unpaired) electrons. The highest BCUT2D eigenvalue weighted by Crippen LogP contribution is 2.18. The smallest absolute Gasteiger partial charge is 0.328 e. The number of hydrogen-bond acceptors (Lipinski definition) is 4. The zero-order chi connectivity index (χ0) is 16.2. The van der Waals surface area contributed by atoms with Crippen LogP contribution in [0.25, 0.3) is 0 Å². The van der Waals surface area contributed by atoms with Gasteiger partial charge in [-0.1, -0.05) is 0 Å². The number of esters is 1. The summed E-state index contributed by atoms with van der Waals surface area (Å²) in [6.07, 6.45) is 0. The third-order valence-corrected chi connectivity index (χ3v) is 2.52. The fourth-order valence-corrected chi connectivity index (χ4v) is 1.53. The summed E-state index contributed by atoms with van der Waals surface area (Å²) in [4.78, 5) is 23.8. The number of benzene rings is 1. The van der Waals surface area contributed by atoms with Gasteiger partial charge in [0.2, 0.25) is 0 Å². The van der Waals surface area contributed by atoms with Gasteiger partial charge in [0.1, 0.15) is 11.6 Å². The Morgan fingerprint density at radius 1 is 1.29 bits per heavy atom. The Morgan fingerprint density at radius 3 is 2.43 bits per heavy atom. The van der Waals surface area contributed by atoms with Gasteiger partial charge in [-0.05, 0) is 45.9 Å². The van der Waals surface area contributed by atoms with Gasteiger partial charge in [0.05, 0.1) is 7.11 Å². The minimum absolute atomic E-state index is 0.0347. The molecule has 0 spiro atoms. The van der Waals surface area contributed by atoms with E-state index in [-0.39, 0.29) is 11.3 Å². The lowest BCUT2D eigenvalue weighted by molar-refractivity contribution is -0.156. The van der Waals surface area contributed by atoms with Crippen LogP contribution in [-0.2, 0) is 9.53 Å². The van der Waals surface area contributed by atoms with Crippen molar-refractivity contribution in [3.8, 4) is 5.75 Å². The fourth-order valence-electron chi connectivity index (χ4n) is 1.53. The maximum Gasteiger partial charge on any atom is 0.328 e. The molecule has 1 rings (SSSR count). The van der Waals surface area contributed by atoms with Gasteiger partial charge < -0.3 is 14.8 Å². The van der Waals surface area contributed by atoms with Gasteiger partial charge in [0.25, 0.3) is 5.91 Å². The van der Waals surface area contributed by atoms with E-state index in [1.807, 2.05) is 0 Å². The molecule has 6 heteroatoms. The van der Waals surface area contributed by atoms with Crippen molar-refractivity contribution in [3.63, 3.8) is 0 Å². The molecule has 0 fully saturated rings. The largest absolute Gasteiger partial charge is 0.494 e. The van der Waals surface area contributed by atoms with Crippen molar-refractivity contribution in [2.24, 2.45) is 0 Å². The molecule has 1 aromatic carbocycles. The molecule has 0 saturated carbocycles. The second kappa shape index (κ2) is 6.56. The van der Waals surface area contributed by atoms with Crippen LogP contribution >= 0.6 is 0 Å². The first-order valence-electron chi connectivity index (χ1n) is 6.51. The molecule has 1 atom stereocenters. The van der Waals surface area contributed by atoms with E-state index in [0.717, 1.165) is 6.07 Å². The lowest BCUT2D eigenvalue weighted by Gasteiger charge is -2.22. The first-order chi connectivity index (χ1) is 9.64. The molecule has 0 saturated heterocycles. The lowest BCUT2D eigenvalue weighted by Crippen LogP contribution is -2.42. The van der Waals surface area contributed by atoms with Crippen molar-refractivity contribution in [3.05, 3.63) is 29.6 Å². The molecule has 0 bridgehead atoms. The van der Waals surface area contributed by atoms with Gasteiger partial charge in [0.15, 0.2) is 11.6 Å². The molecule has 0 unspecified atom stereocenters. The maximum atomic E-state index is 13.3. The van der Waals surface area contributed by atoms with Gasteiger partial charge in [-0.2, -0.15) is 0 Å². The quantitative estimate of drug-likeness (QED) is 0.866. The summed E-state index contributed by atoms with van der Waals surface area (Å²) in [7, 11) is 1.31. The van der Waals surface area contributed by atoms with E-state index in [4.69, 9.17) is 9.47 Å². The summed E-state index contributed by atoms with van der Waals surface area (Å²) in [5.74, 6) is -1.64. The van der Waals surface area contributed by atoms with Crippen molar-refractivity contribution < 1.29 is 23.5 Å². The summed E-state index contributed by atoms with van der Waals surface area (Å²) in [6, 6.07) is 2.90. The predicted molar refractivity (Wildman–Crippen MR) is 75.7 cm³/mol. The molecule has 0 heterocycles. The molecule has 0 aromatic heterocycles. The first kappa shape index (κ1) is 16.9. The predicted octanol–water partition coefficient (Wildman–Crippen LogP) is 2.29. The molecule has 5 nitrogen and oxygen atoms in total. The third kappa shape index (κ3) is 5.06. The van der Waals surface area contributed by atoms with Gasteiger partial charge >= 0.3 is 5.97 Å². The number of carbonyl (C=O) groups is 2. The van der Waals surface area contributed by atoms with Crippen molar-refractivity contribution in [2.75, 3.05) is 7.11 Å². The van der Waals surface area contributed by atoms with Crippen molar-refractivity contribution in [1.82, 2.24) is 5.32 Å². The summed E-state index contributed by atoms with van der Waals surface area (Å²) in [5.41, 5.74) is -0.432. The van der Waals surface area contributed by atoms with Crippen molar-refractivity contribution in [1.29, 1.82) is 0 Å². The number of hydrogen-bond donors (Lipinski definition) is 1.